The van der Waals surface area contributed by atoms with Crippen LogP contribution in [0, 0.1) is 0 Å². The molecule has 0 atom stereocenters. The molecule has 1 heterocycles. The number of benzene rings is 1. The summed E-state index contributed by atoms with van der Waals surface area (Å²) in [5.74, 6) is 0.656. The van der Waals surface area contributed by atoms with Crippen molar-refractivity contribution in [3.8, 4) is 5.69 Å². The predicted octanol–water partition coefficient (Wildman–Crippen LogP) is 2.75. The highest BCUT2D eigenvalue weighted by molar-refractivity contribution is 5.42. The molecule has 84 valence electrons. The number of hydrogen-bond acceptors (Lipinski definition) is 2. The van der Waals surface area contributed by atoms with Gasteiger partial charge in [-0.2, -0.15) is 5.10 Å². The Morgan fingerprint density at radius 1 is 1.06 bits per heavy atom. The molecule has 1 aromatic heterocycles. The lowest BCUT2D eigenvalue weighted by atomic mass is 9.87. The topological polar surface area (TPSA) is 43.8 Å². The molecule has 0 saturated heterocycles. The summed E-state index contributed by atoms with van der Waals surface area (Å²) < 4.78 is 1.73. The summed E-state index contributed by atoms with van der Waals surface area (Å²) in [5, 5.41) is 4.17. The van der Waals surface area contributed by atoms with Gasteiger partial charge in [0.15, 0.2) is 0 Å². The summed E-state index contributed by atoms with van der Waals surface area (Å²) in [6.07, 6.45) is 1.70. The predicted molar refractivity (Wildman–Crippen MR) is 66.7 cm³/mol. The Morgan fingerprint density at radius 2 is 1.69 bits per heavy atom. The molecule has 0 aliphatic carbocycles. The summed E-state index contributed by atoms with van der Waals surface area (Å²) in [6, 6.07) is 10.1. The summed E-state index contributed by atoms with van der Waals surface area (Å²) in [4.78, 5) is 0. The molecule has 0 fully saturated rings. The lowest BCUT2D eigenvalue weighted by molar-refractivity contribution is 0.590. The van der Waals surface area contributed by atoms with E-state index in [1.165, 1.54) is 5.56 Å². The van der Waals surface area contributed by atoms with Crippen LogP contribution in [0.4, 0.5) is 5.82 Å². The second-order valence-electron chi connectivity index (χ2n) is 4.96. The number of rotatable bonds is 1. The van der Waals surface area contributed by atoms with Crippen LogP contribution in [0.2, 0.25) is 0 Å². The van der Waals surface area contributed by atoms with E-state index in [-0.39, 0.29) is 5.41 Å². The second-order valence-corrected chi connectivity index (χ2v) is 4.96. The average molecular weight is 215 g/mol. The largest absolute Gasteiger partial charge is 0.384 e. The van der Waals surface area contributed by atoms with Gasteiger partial charge in [-0.3, -0.25) is 0 Å². The fraction of sp³-hybridized carbons (Fsp3) is 0.308. The number of hydrogen-bond donors (Lipinski definition) is 1. The van der Waals surface area contributed by atoms with Gasteiger partial charge >= 0.3 is 0 Å². The maximum Gasteiger partial charge on any atom is 0.127 e. The quantitative estimate of drug-likeness (QED) is 0.795. The molecule has 0 aliphatic heterocycles. The highest BCUT2D eigenvalue weighted by Gasteiger charge is 2.13. The molecule has 3 heteroatoms. The van der Waals surface area contributed by atoms with E-state index in [1.54, 1.807) is 16.9 Å². The minimum Gasteiger partial charge on any atom is -0.384 e. The van der Waals surface area contributed by atoms with Crippen LogP contribution in [0.5, 0.6) is 0 Å². The van der Waals surface area contributed by atoms with Crippen molar-refractivity contribution in [3.63, 3.8) is 0 Å². The van der Waals surface area contributed by atoms with E-state index in [2.05, 4.69) is 38.0 Å². The van der Waals surface area contributed by atoms with E-state index >= 15 is 0 Å². The molecule has 0 aliphatic rings. The zero-order chi connectivity index (χ0) is 11.8. The van der Waals surface area contributed by atoms with Gasteiger partial charge in [0, 0.05) is 6.07 Å². The Morgan fingerprint density at radius 3 is 2.12 bits per heavy atom. The van der Waals surface area contributed by atoms with Crippen molar-refractivity contribution in [2.24, 2.45) is 0 Å². The molecular formula is C13H17N3. The van der Waals surface area contributed by atoms with Crippen LogP contribution in [0.3, 0.4) is 0 Å². The Bertz CT molecular complexity index is 475. The van der Waals surface area contributed by atoms with Crippen LogP contribution < -0.4 is 5.73 Å². The molecule has 0 bridgehead atoms. The van der Waals surface area contributed by atoms with E-state index in [1.807, 2.05) is 12.1 Å². The first kappa shape index (κ1) is 10.7. The lowest BCUT2D eigenvalue weighted by Gasteiger charge is -2.19. The SMILES string of the molecule is CC(C)(C)c1ccc(-n2nccc2N)cc1. The highest BCUT2D eigenvalue weighted by atomic mass is 15.3. The number of aromatic nitrogens is 2. The van der Waals surface area contributed by atoms with Crippen LogP contribution >= 0.6 is 0 Å². The zero-order valence-corrected chi connectivity index (χ0v) is 9.94. The third-order valence-corrected chi connectivity index (χ3v) is 2.65. The molecule has 16 heavy (non-hydrogen) atoms. The highest BCUT2D eigenvalue weighted by Crippen LogP contribution is 2.23. The third kappa shape index (κ3) is 1.94. The maximum atomic E-state index is 5.80. The molecule has 0 amide bonds. The molecule has 0 saturated carbocycles. The number of nitrogens with zero attached hydrogens (tertiary/aromatic N) is 2. The summed E-state index contributed by atoms with van der Waals surface area (Å²) in [6.45, 7) is 6.60. The van der Waals surface area contributed by atoms with Crippen molar-refractivity contribution in [2.45, 2.75) is 26.2 Å². The average Bonchev–Trinajstić information content (AvgIpc) is 2.63. The van der Waals surface area contributed by atoms with Gasteiger partial charge in [-0.15, -0.1) is 0 Å². The fourth-order valence-electron chi connectivity index (χ4n) is 1.63. The molecule has 0 radical (unpaired) electrons. The molecule has 1 aromatic carbocycles. The minimum atomic E-state index is 0.175. The smallest absolute Gasteiger partial charge is 0.127 e. The summed E-state index contributed by atoms with van der Waals surface area (Å²) in [5.41, 5.74) is 8.27. The van der Waals surface area contributed by atoms with E-state index in [0.717, 1.165) is 5.69 Å². The van der Waals surface area contributed by atoms with Gasteiger partial charge in [0.25, 0.3) is 0 Å². The second kappa shape index (κ2) is 3.67. The van der Waals surface area contributed by atoms with E-state index < -0.39 is 0 Å². The van der Waals surface area contributed by atoms with Gasteiger partial charge in [0.05, 0.1) is 11.9 Å². The first-order chi connectivity index (χ1) is 7.48. The number of anilines is 1. The first-order valence-electron chi connectivity index (χ1n) is 5.39. The zero-order valence-electron chi connectivity index (χ0n) is 9.94. The molecule has 0 spiro atoms. The Labute approximate surface area is 95.9 Å². The molecule has 3 nitrogen and oxygen atoms in total. The van der Waals surface area contributed by atoms with Gasteiger partial charge in [-0.25, -0.2) is 4.68 Å². The van der Waals surface area contributed by atoms with Crippen molar-refractivity contribution >= 4 is 5.82 Å². The lowest BCUT2D eigenvalue weighted by Crippen LogP contribution is -2.11. The van der Waals surface area contributed by atoms with Gasteiger partial charge in [-0.1, -0.05) is 32.9 Å². The van der Waals surface area contributed by atoms with Crippen molar-refractivity contribution in [1.82, 2.24) is 9.78 Å². The van der Waals surface area contributed by atoms with Crippen molar-refractivity contribution in [3.05, 3.63) is 42.1 Å². The molecule has 2 N–H and O–H groups in total. The van der Waals surface area contributed by atoms with Crippen molar-refractivity contribution in [2.75, 3.05) is 5.73 Å². The molecule has 2 aromatic rings. The van der Waals surface area contributed by atoms with Crippen molar-refractivity contribution < 1.29 is 0 Å². The van der Waals surface area contributed by atoms with Crippen LogP contribution in [0.15, 0.2) is 36.5 Å². The van der Waals surface area contributed by atoms with Crippen molar-refractivity contribution in [1.29, 1.82) is 0 Å². The van der Waals surface area contributed by atoms with Crippen LogP contribution in [0.1, 0.15) is 26.3 Å². The summed E-state index contributed by atoms with van der Waals surface area (Å²) >= 11 is 0. The van der Waals surface area contributed by atoms with Gasteiger partial charge < -0.3 is 5.73 Å². The van der Waals surface area contributed by atoms with Crippen LogP contribution in [0.25, 0.3) is 5.69 Å². The number of nitrogen functional groups attached to an aromatic ring is 1. The number of nitrogens with two attached hydrogens (primary N) is 1. The third-order valence-electron chi connectivity index (χ3n) is 2.65. The van der Waals surface area contributed by atoms with Gasteiger partial charge in [0.1, 0.15) is 5.82 Å². The van der Waals surface area contributed by atoms with Crippen LogP contribution in [-0.2, 0) is 5.41 Å². The van der Waals surface area contributed by atoms with E-state index in [4.69, 9.17) is 5.73 Å². The standard InChI is InChI=1S/C13H17N3/c1-13(2,3)10-4-6-11(7-5-10)16-12(14)8-9-15-16/h4-9H,14H2,1-3H3. The first-order valence-corrected chi connectivity index (χ1v) is 5.39. The Kier molecular flexibility index (Phi) is 2.46. The molecule has 2 rings (SSSR count). The molecular weight excluding hydrogens is 198 g/mol. The molecule has 0 unspecified atom stereocenters. The van der Waals surface area contributed by atoms with Gasteiger partial charge in [0.2, 0.25) is 0 Å². The normalized spacial score (nSPS) is 11.7. The van der Waals surface area contributed by atoms with Crippen LogP contribution in [-0.4, -0.2) is 9.78 Å². The van der Waals surface area contributed by atoms with E-state index in [9.17, 15) is 0 Å². The summed E-state index contributed by atoms with van der Waals surface area (Å²) in [7, 11) is 0. The fourth-order valence-corrected chi connectivity index (χ4v) is 1.63. The van der Waals surface area contributed by atoms with E-state index in [0.29, 0.717) is 5.82 Å². The monoisotopic (exact) mass is 215 g/mol. The Hall–Kier alpha value is -1.77. The van der Waals surface area contributed by atoms with Gasteiger partial charge in [-0.05, 0) is 23.1 Å². The Balaban J connectivity index is 2.37. The minimum absolute atomic E-state index is 0.175. The maximum absolute atomic E-state index is 5.80.